The van der Waals surface area contributed by atoms with Crippen molar-refractivity contribution in [2.24, 2.45) is 0 Å². The van der Waals surface area contributed by atoms with E-state index in [1.807, 2.05) is 0 Å². The molecule has 0 aliphatic rings. The maximum absolute atomic E-state index is 13.6. The van der Waals surface area contributed by atoms with Gasteiger partial charge in [0.15, 0.2) is 0 Å². The van der Waals surface area contributed by atoms with Crippen LogP contribution in [-0.2, 0) is 0 Å². The normalized spacial score (nSPS) is 10.4. The average molecular weight is 259 g/mol. The molecule has 0 aliphatic carbocycles. The summed E-state index contributed by atoms with van der Waals surface area (Å²) in [6, 6.07) is 0. The predicted octanol–water partition coefficient (Wildman–Crippen LogP) is 3.94. The van der Waals surface area contributed by atoms with E-state index in [0.29, 0.717) is 26.7 Å². The number of allylic oxidation sites excluding steroid dienone is 1. The van der Waals surface area contributed by atoms with Gasteiger partial charge in [-0.3, -0.25) is 0 Å². The van der Waals surface area contributed by atoms with E-state index in [1.54, 1.807) is 20.8 Å². The molecule has 1 nitrogen and oxygen atoms in total. The number of halogens is 2. The third-order valence-electron chi connectivity index (χ3n) is 2.23. The molecule has 14 heavy (non-hydrogen) atoms. The van der Waals surface area contributed by atoms with Gasteiger partial charge in [-0.1, -0.05) is 6.58 Å². The van der Waals surface area contributed by atoms with E-state index in [9.17, 15) is 9.50 Å². The maximum atomic E-state index is 13.6. The van der Waals surface area contributed by atoms with Crippen LogP contribution in [0.3, 0.4) is 0 Å². The quantitative estimate of drug-likeness (QED) is 0.809. The Morgan fingerprint density at radius 1 is 1.36 bits per heavy atom. The lowest BCUT2D eigenvalue weighted by Crippen LogP contribution is -1.96. The lowest BCUT2D eigenvalue weighted by molar-refractivity contribution is 0.465. The summed E-state index contributed by atoms with van der Waals surface area (Å²) in [5.41, 5.74) is 2.00. The van der Waals surface area contributed by atoms with Crippen molar-refractivity contribution >= 4 is 21.5 Å². The molecular weight excluding hydrogens is 247 g/mol. The van der Waals surface area contributed by atoms with Crippen LogP contribution in [0.1, 0.15) is 23.6 Å². The van der Waals surface area contributed by atoms with Gasteiger partial charge < -0.3 is 5.11 Å². The smallest absolute Gasteiger partial charge is 0.137 e. The number of aromatic hydroxyl groups is 1. The van der Waals surface area contributed by atoms with Crippen molar-refractivity contribution in [3.8, 4) is 5.75 Å². The van der Waals surface area contributed by atoms with E-state index in [-0.39, 0.29) is 11.6 Å². The molecule has 0 radical (unpaired) electrons. The number of benzene rings is 1. The molecule has 0 aromatic heterocycles. The number of hydrogen-bond acceptors (Lipinski definition) is 1. The molecule has 1 aromatic carbocycles. The van der Waals surface area contributed by atoms with Gasteiger partial charge in [-0.05, 0) is 47.8 Å². The highest BCUT2D eigenvalue weighted by molar-refractivity contribution is 9.10. The van der Waals surface area contributed by atoms with E-state index in [1.165, 1.54) is 0 Å². The Balaban J connectivity index is 3.68. The molecule has 1 rings (SSSR count). The van der Waals surface area contributed by atoms with Crippen LogP contribution in [0, 0.1) is 19.7 Å². The van der Waals surface area contributed by atoms with E-state index >= 15 is 0 Å². The highest BCUT2D eigenvalue weighted by atomic mass is 79.9. The fourth-order valence-electron chi connectivity index (χ4n) is 1.47. The second kappa shape index (κ2) is 3.73. The monoisotopic (exact) mass is 258 g/mol. The van der Waals surface area contributed by atoms with Crippen LogP contribution in [0.5, 0.6) is 5.75 Å². The Bertz CT molecular complexity index is 381. The van der Waals surface area contributed by atoms with Crippen molar-refractivity contribution in [3.05, 3.63) is 33.6 Å². The fraction of sp³-hybridized carbons (Fsp3) is 0.273. The van der Waals surface area contributed by atoms with E-state index in [2.05, 4.69) is 22.5 Å². The van der Waals surface area contributed by atoms with E-state index in [0.717, 1.165) is 0 Å². The molecule has 0 atom stereocenters. The van der Waals surface area contributed by atoms with Gasteiger partial charge in [0.2, 0.25) is 0 Å². The molecule has 0 saturated heterocycles. The third-order valence-corrected chi connectivity index (χ3v) is 3.20. The largest absolute Gasteiger partial charge is 0.506 e. The summed E-state index contributed by atoms with van der Waals surface area (Å²) < 4.78 is 14.0. The Morgan fingerprint density at radius 2 is 1.86 bits per heavy atom. The maximum Gasteiger partial charge on any atom is 0.137 e. The molecule has 0 amide bonds. The zero-order chi connectivity index (χ0) is 11.0. The Morgan fingerprint density at radius 3 is 2.29 bits per heavy atom. The molecule has 76 valence electrons. The fourth-order valence-corrected chi connectivity index (χ4v) is 1.85. The van der Waals surface area contributed by atoms with Crippen LogP contribution in [0.2, 0.25) is 0 Å². The van der Waals surface area contributed by atoms with E-state index in [4.69, 9.17) is 0 Å². The second-order valence-electron chi connectivity index (χ2n) is 3.38. The summed E-state index contributed by atoms with van der Waals surface area (Å²) >= 11 is 3.15. The van der Waals surface area contributed by atoms with Crippen molar-refractivity contribution in [1.82, 2.24) is 0 Å². The van der Waals surface area contributed by atoms with Crippen molar-refractivity contribution in [3.63, 3.8) is 0 Å². The summed E-state index contributed by atoms with van der Waals surface area (Å²) in [6.07, 6.45) is 0. The summed E-state index contributed by atoms with van der Waals surface area (Å²) in [5.74, 6) is -0.235. The number of phenols is 1. The van der Waals surface area contributed by atoms with Crippen LogP contribution in [-0.4, -0.2) is 5.11 Å². The third kappa shape index (κ3) is 1.57. The van der Waals surface area contributed by atoms with Gasteiger partial charge in [0, 0.05) is 11.1 Å². The van der Waals surface area contributed by atoms with Gasteiger partial charge in [0.25, 0.3) is 0 Å². The molecule has 1 N–H and O–H groups in total. The Hall–Kier alpha value is -0.830. The summed E-state index contributed by atoms with van der Waals surface area (Å²) in [5, 5.41) is 9.78. The molecule has 3 heteroatoms. The summed E-state index contributed by atoms with van der Waals surface area (Å²) in [4.78, 5) is 0. The first kappa shape index (κ1) is 11.2. The van der Waals surface area contributed by atoms with E-state index < -0.39 is 0 Å². The first-order valence-electron chi connectivity index (χ1n) is 4.21. The lowest BCUT2D eigenvalue weighted by Gasteiger charge is -2.13. The standard InChI is InChI=1S/C11H12BrFO/c1-5(2)8-6(3)10(13)7(4)9(12)11(8)14/h14H,1H2,2-4H3. The summed E-state index contributed by atoms with van der Waals surface area (Å²) in [7, 11) is 0. The Labute approximate surface area is 91.4 Å². The first-order valence-corrected chi connectivity index (χ1v) is 5.00. The molecule has 0 heterocycles. The lowest BCUT2D eigenvalue weighted by atomic mass is 9.98. The SMILES string of the molecule is C=C(C)c1c(C)c(F)c(C)c(Br)c1O. The zero-order valence-corrected chi connectivity index (χ0v) is 10.00. The van der Waals surface area contributed by atoms with Gasteiger partial charge in [-0.15, -0.1) is 0 Å². The second-order valence-corrected chi connectivity index (χ2v) is 4.17. The molecular formula is C11H12BrFO. The number of phenolic OH excluding ortho intramolecular Hbond substituents is 1. The molecule has 0 spiro atoms. The molecule has 0 bridgehead atoms. The van der Waals surface area contributed by atoms with Gasteiger partial charge in [0.05, 0.1) is 4.47 Å². The number of rotatable bonds is 1. The molecule has 0 fully saturated rings. The van der Waals surface area contributed by atoms with Crippen molar-refractivity contribution in [1.29, 1.82) is 0 Å². The minimum absolute atomic E-state index is 0.0638. The van der Waals surface area contributed by atoms with Crippen LogP contribution in [0.4, 0.5) is 4.39 Å². The van der Waals surface area contributed by atoms with Crippen LogP contribution >= 0.6 is 15.9 Å². The van der Waals surface area contributed by atoms with Crippen molar-refractivity contribution in [2.45, 2.75) is 20.8 Å². The van der Waals surface area contributed by atoms with Gasteiger partial charge in [-0.25, -0.2) is 4.39 Å². The van der Waals surface area contributed by atoms with Crippen LogP contribution in [0.15, 0.2) is 11.1 Å². The molecule has 0 saturated carbocycles. The topological polar surface area (TPSA) is 20.2 Å². The van der Waals surface area contributed by atoms with Gasteiger partial charge in [-0.2, -0.15) is 0 Å². The molecule has 0 unspecified atom stereocenters. The van der Waals surface area contributed by atoms with Crippen molar-refractivity contribution in [2.75, 3.05) is 0 Å². The average Bonchev–Trinajstić information content (AvgIpc) is 2.11. The minimum Gasteiger partial charge on any atom is -0.506 e. The van der Waals surface area contributed by atoms with Crippen LogP contribution < -0.4 is 0 Å². The first-order chi connectivity index (χ1) is 6.37. The summed E-state index contributed by atoms with van der Waals surface area (Å²) in [6.45, 7) is 8.71. The van der Waals surface area contributed by atoms with Crippen LogP contribution in [0.25, 0.3) is 5.57 Å². The van der Waals surface area contributed by atoms with Gasteiger partial charge >= 0.3 is 0 Å². The zero-order valence-electron chi connectivity index (χ0n) is 8.41. The minimum atomic E-state index is -0.298. The predicted molar refractivity (Wildman–Crippen MR) is 59.9 cm³/mol. The highest BCUT2D eigenvalue weighted by Gasteiger charge is 2.17. The molecule has 1 aromatic rings. The molecule has 0 aliphatic heterocycles. The highest BCUT2D eigenvalue weighted by Crippen LogP contribution is 2.38. The number of hydrogen-bond donors (Lipinski definition) is 1. The Kier molecular flexibility index (Phi) is 3.00. The van der Waals surface area contributed by atoms with Gasteiger partial charge in [0.1, 0.15) is 11.6 Å². The van der Waals surface area contributed by atoms with Crippen molar-refractivity contribution < 1.29 is 9.50 Å².